The molecule has 1 atom stereocenters. The molecular formula is C19H17N3O2. The number of nitrogens with two attached hydrogens (primary N) is 2. The minimum Gasteiger partial charge on any atom is -0.488 e. The average Bonchev–Trinajstić information content (AvgIpc) is 3.05. The van der Waals surface area contributed by atoms with Crippen LogP contribution in [0, 0.1) is 0 Å². The van der Waals surface area contributed by atoms with Crippen molar-refractivity contribution >= 4 is 16.7 Å². The topological polar surface area (TPSA) is 91.2 Å². The van der Waals surface area contributed by atoms with Gasteiger partial charge in [0.2, 0.25) is 5.91 Å². The van der Waals surface area contributed by atoms with Crippen molar-refractivity contribution in [2.24, 2.45) is 11.5 Å². The summed E-state index contributed by atoms with van der Waals surface area (Å²) in [5, 5.41) is 2.29. The number of primary amides is 1. The minimum absolute atomic E-state index is 0.0572. The number of carbonyl (C=O) groups is 1. The Hall–Kier alpha value is -2.92. The zero-order chi connectivity index (χ0) is 16.7. The zero-order valence-corrected chi connectivity index (χ0v) is 13.0. The van der Waals surface area contributed by atoms with Gasteiger partial charge in [0.1, 0.15) is 11.9 Å². The van der Waals surface area contributed by atoms with Crippen LogP contribution in [0.15, 0.2) is 48.8 Å². The molecule has 0 unspecified atom stereocenters. The monoisotopic (exact) mass is 319 g/mol. The highest BCUT2D eigenvalue weighted by Crippen LogP contribution is 2.36. The Morgan fingerprint density at radius 1 is 1.17 bits per heavy atom. The van der Waals surface area contributed by atoms with Gasteiger partial charge in [0, 0.05) is 36.5 Å². The van der Waals surface area contributed by atoms with Crippen LogP contribution in [-0.4, -0.2) is 23.5 Å². The van der Waals surface area contributed by atoms with E-state index in [2.05, 4.69) is 17.1 Å². The van der Waals surface area contributed by atoms with Gasteiger partial charge in [-0.3, -0.25) is 9.78 Å². The Morgan fingerprint density at radius 3 is 2.83 bits per heavy atom. The van der Waals surface area contributed by atoms with Crippen molar-refractivity contribution in [2.75, 3.05) is 6.54 Å². The molecule has 0 saturated carbocycles. The van der Waals surface area contributed by atoms with Crippen LogP contribution in [0.1, 0.15) is 15.9 Å². The summed E-state index contributed by atoms with van der Waals surface area (Å²) in [5.41, 5.74) is 14.5. The molecule has 24 heavy (non-hydrogen) atoms. The molecule has 2 heterocycles. The van der Waals surface area contributed by atoms with Gasteiger partial charge in [-0.1, -0.05) is 18.2 Å². The molecular weight excluding hydrogens is 302 g/mol. The molecule has 1 amide bonds. The first kappa shape index (κ1) is 14.7. The number of ether oxygens (including phenoxy) is 1. The lowest BCUT2D eigenvalue weighted by molar-refractivity contribution is 0.1000. The van der Waals surface area contributed by atoms with Crippen molar-refractivity contribution < 1.29 is 9.53 Å². The number of benzene rings is 2. The van der Waals surface area contributed by atoms with E-state index < -0.39 is 5.91 Å². The molecule has 0 fully saturated rings. The van der Waals surface area contributed by atoms with Crippen LogP contribution in [0.3, 0.4) is 0 Å². The van der Waals surface area contributed by atoms with E-state index in [0.29, 0.717) is 12.1 Å². The van der Waals surface area contributed by atoms with E-state index in [1.54, 1.807) is 12.3 Å². The maximum atomic E-state index is 11.3. The fourth-order valence-electron chi connectivity index (χ4n) is 3.19. The quantitative estimate of drug-likeness (QED) is 0.774. The second-order valence-corrected chi connectivity index (χ2v) is 5.98. The number of nitrogens with zero attached hydrogens (tertiary/aromatic N) is 1. The Kier molecular flexibility index (Phi) is 3.43. The lowest BCUT2D eigenvalue weighted by Crippen LogP contribution is -2.24. The van der Waals surface area contributed by atoms with Gasteiger partial charge in [0.15, 0.2) is 0 Å². The predicted molar refractivity (Wildman–Crippen MR) is 92.9 cm³/mol. The largest absolute Gasteiger partial charge is 0.488 e. The predicted octanol–water partition coefficient (Wildman–Crippen LogP) is 2.26. The lowest BCUT2D eigenvalue weighted by atomic mass is 9.97. The molecule has 0 aliphatic carbocycles. The van der Waals surface area contributed by atoms with E-state index in [4.69, 9.17) is 16.2 Å². The Morgan fingerprint density at radius 2 is 2.04 bits per heavy atom. The lowest BCUT2D eigenvalue weighted by Gasteiger charge is -2.08. The number of carbonyl (C=O) groups excluding carboxylic acids is 1. The molecule has 0 spiro atoms. The van der Waals surface area contributed by atoms with Gasteiger partial charge in [-0.05, 0) is 34.5 Å². The Labute approximate surface area is 139 Å². The number of rotatable bonds is 3. The smallest absolute Gasteiger partial charge is 0.250 e. The van der Waals surface area contributed by atoms with Crippen LogP contribution in [0.2, 0.25) is 0 Å². The molecule has 5 nitrogen and oxygen atoms in total. The molecule has 1 aromatic heterocycles. The number of hydrogen-bond acceptors (Lipinski definition) is 4. The number of pyridine rings is 1. The van der Waals surface area contributed by atoms with Gasteiger partial charge in [-0.25, -0.2) is 0 Å². The van der Waals surface area contributed by atoms with E-state index in [1.165, 1.54) is 17.1 Å². The SMILES string of the molecule is NC[C@@H]1Cc2c(ccc3cc(-c4cncc(C(N)=O)c4)ccc23)O1. The summed E-state index contributed by atoms with van der Waals surface area (Å²) in [6.45, 7) is 0.514. The fraction of sp³-hybridized carbons (Fsp3) is 0.158. The van der Waals surface area contributed by atoms with Crippen LogP contribution >= 0.6 is 0 Å². The molecule has 3 aromatic rings. The van der Waals surface area contributed by atoms with E-state index in [1.807, 2.05) is 18.2 Å². The van der Waals surface area contributed by atoms with Gasteiger partial charge < -0.3 is 16.2 Å². The van der Waals surface area contributed by atoms with E-state index >= 15 is 0 Å². The summed E-state index contributed by atoms with van der Waals surface area (Å²) in [7, 11) is 0. The molecule has 1 aliphatic rings. The van der Waals surface area contributed by atoms with E-state index in [9.17, 15) is 4.79 Å². The van der Waals surface area contributed by atoms with Gasteiger partial charge in [0.25, 0.3) is 0 Å². The van der Waals surface area contributed by atoms with Crippen molar-refractivity contribution in [3.63, 3.8) is 0 Å². The summed E-state index contributed by atoms with van der Waals surface area (Å²) < 4.78 is 5.83. The third-order valence-corrected chi connectivity index (χ3v) is 4.43. The molecule has 0 saturated heterocycles. The molecule has 5 heteroatoms. The second kappa shape index (κ2) is 5.62. The fourth-order valence-corrected chi connectivity index (χ4v) is 3.19. The Bertz CT molecular complexity index is 952. The highest BCUT2D eigenvalue weighted by atomic mass is 16.5. The second-order valence-electron chi connectivity index (χ2n) is 5.98. The van der Waals surface area contributed by atoms with Crippen molar-refractivity contribution in [1.29, 1.82) is 0 Å². The highest BCUT2D eigenvalue weighted by molar-refractivity contribution is 5.95. The number of hydrogen-bond donors (Lipinski definition) is 2. The Balaban J connectivity index is 1.79. The maximum absolute atomic E-state index is 11.3. The molecule has 2 aromatic carbocycles. The van der Waals surface area contributed by atoms with Crippen LogP contribution in [0.25, 0.3) is 21.9 Å². The van der Waals surface area contributed by atoms with Crippen molar-refractivity contribution in [2.45, 2.75) is 12.5 Å². The van der Waals surface area contributed by atoms with Crippen LogP contribution in [-0.2, 0) is 6.42 Å². The van der Waals surface area contributed by atoms with Crippen LogP contribution in [0.5, 0.6) is 5.75 Å². The maximum Gasteiger partial charge on any atom is 0.250 e. The third-order valence-electron chi connectivity index (χ3n) is 4.43. The molecule has 1 aliphatic heterocycles. The van der Waals surface area contributed by atoms with Crippen LogP contribution in [0.4, 0.5) is 0 Å². The first-order chi connectivity index (χ1) is 11.7. The number of amides is 1. The van der Waals surface area contributed by atoms with Crippen LogP contribution < -0.4 is 16.2 Å². The summed E-state index contributed by atoms with van der Waals surface area (Å²) in [5.74, 6) is 0.441. The third kappa shape index (κ3) is 2.39. The van der Waals surface area contributed by atoms with Gasteiger partial charge in [-0.15, -0.1) is 0 Å². The summed E-state index contributed by atoms with van der Waals surface area (Å²) >= 11 is 0. The van der Waals surface area contributed by atoms with Crippen molar-refractivity contribution in [3.05, 3.63) is 59.9 Å². The first-order valence-electron chi connectivity index (χ1n) is 7.83. The van der Waals surface area contributed by atoms with Gasteiger partial charge >= 0.3 is 0 Å². The highest BCUT2D eigenvalue weighted by Gasteiger charge is 2.23. The van der Waals surface area contributed by atoms with E-state index in [-0.39, 0.29) is 6.10 Å². The summed E-state index contributed by atoms with van der Waals surface area (Å²) in [6.07, 6.45) is 4.10. The standard InChI is InChI=1S/C19H17N3O2/c20-8-15-7-17-16-3-1-11(5-12(16)2-4-18(17)24-15)13-6-14(19(21)23)10-22-9-13/h1-6,9-10,15H,7-8,20H2,(H2,21,23)/t15-/m0/s1. The molecule has 0 radical (unpaired) electrons. The van der Waals surface area contributed by atoms with Crippen molar-refractivity contribution in [3.8, 4) is 16.9 Å². The molecule has 0 bridgehead atoms. The van der Waals surface area contributed by atoms with Gasteiger partial charge in [0.05, 0.1) is 5.56 Å². The minimum atomic E-state index is -0.479. The van der Waals surface area contributed by atoms with E-state index in [0.717, 1.165) is 28.7 Å². The summed E-state index contributed by atoms with van der Waals surface area (Å²) in [4.78, 5) is 15.4. The average molecular weight is 319 g/mol. The molecule has 4 N–H and O–H groups in total. The van der Waals surface area contributed by atoms with Gasteiger partial charge in [-0.2, -0.15) is 0 Å². The molecule has 4 rings (SSSR count). The number of fused-ring (bicyclic) bond motifs is 3. The van der Waals surface area contributed by atoms with Crippen molar-refractivity contribution in [1.82, 2.24) is 4.98 Å². The zero-order valence-electron chi connectivity index (χ0n) is 13.0. The molecule has 120 valence electrons. The number of aromatic nitrogens is 1. The normalized spacial score (nSPS) is 16.0. The summed E-state index contributed by atoms with van der Waals surface area (Å²) in [6, 6.07) is 12.0. The first-order valence-corrected chi connectivity index (χ1v) is 7.83.